The molecule has 1 unspecified atom stereocenters. The van der Waals surface area contributed by atoms with Crippen molar-refractivity contribution in [1.82, 2.24) is 5.32 Å². The zero-order valence-electron chi connectivity index (χ0n) is 10.4. The largest absolute Gasteiger partial charge is 0.358 e. The van der Waals surface area contributed by atoms with Gasteiger partial charge in [0.25, 0.3) is 0 Å². The maximum atomic E-state index is 12.8. The lowest BCUT2D eigenvalue weighted by Gasteiger charge is -2.21. The Balaban J connectivity index is 2.27. The lowest BCUT2D eigenvalue weighted by molar-refractivity contribution is -0.138. The number of carbonyl (C=O) groups excluding carboxylic acids is 2. The van der Waals surface area contributed by atoms with Gasteiger partial charge < -0.3 is 10.2 Å². The first-order valence-corrected chi connectivity index (χ1v) is 5.79. The van der Waals surface area contributed by atoms with E-state index in [9.17, 15) is 14.0 Å². The molecule has 1 fully saturated rings. The Labute approximate surface area is 105 Å². The third kappa shape index (κ3) is 1.85. The van der Waals surface area contributed by atoms with Crippen LogP contribution in [0.2, 0.25) is 0 Å². The van der Waals surface area contributed by atoms with Gasteiger partial charge in [0.1, 0.15) is 11.2 Å². The third-order valence-electron chi connectivity index (χ3n) is 3.42. The van der Waals surface area contributed by atoms with E-state index in [0.717, 1.165) is 0 Å². The van der Waals surface area contributed by atoms with Crippen molar-refractivity contribution in [3.63, 3.8) is 0 Å². The monoisotopic (exact) mass is 250 g/mol. The van der Waals surface area contributed by atoms with E-state index in [1.807, 2.05) is 0 Å². The number of carbonyl (C=O) groups is 2. The van der Waals surface area contributed by atoms with E-state index in [0.29, 0.717) is 18.7 Å². The minimum absolute atomic E-state index is 0.242. The average molecular weight is 250 g/mol. The summed E-state index contributed by atoms with van der Waals surface area (Å²) in [4.78, 5) is 25.6. The highest BCUT2D eigenvalue weighted by atomic mass is 19.1. The van der Waals surface area contributed by atoms with E-state index in [1.54, 1.807) is 19.1 Å². The highest BCUT2D eigenvalue weighted by molar-refractivity contribution is 6.13. The summed E-state index contributed by atoms with van der Waals surface area (Å²) in [7, 11) is 1.52. The van der Waals surface area contributed by atoms with Gasteiger partial charge in [-0.3, -0.25) is 9.59 Å². The number of nitrogens with zero attached hydrogens (tertiary/aromatic N) is 1. The van der Waals surface area contributed by atoms with Crippen LogP contribution >= 0.6 is 0 Å². The molecule has 0 radical (unpaired) electrons. The van der Waals surface area contributed by atoms with Crippen LogP contribution in [0.25, 0.3) is 0 Å². The first-order valence-electron chi connectivity index (χ1n) is 5.79. The van der Waals surface area contributed by atoms with Gasteiger partial charge in [-0.1, -0.05) is 0 Å². The molecule has 18 heavy (non-hydrogen) atoms. The second-order valence-electron chi connectivity index (χ2n) is 4.59. The quantitative estimate of drug-likeness (QED) is 0.805. The van der Waals surface area contributed by atoms with Gasteiger partial charge in [-0.25, -0.2) is 4.39 Å². The topological polar surface area (TPSA) is 49.4 Å². The molecule has 0 saturated carbocycles. The van der Waals surface area contributed by atoms with Gasteiger partial charge in [0.05, 0.1) is 0 Å². The molecule has 0 aliphatic carbocycles. The second-order valence-corrected chi connectivity index (χ2v) is 4.59. The molecule has 1 aliphatic rings. The number of hydrogen-bond acceptors (Lipinski definition) is 2. The van der Waals surface area contributed by atoms with Crippen molar-refractivity contribution < 1.29 is 14.0 Å². The number of anilines is 1. The number of rotatable bonds is 2. The Morgan fingerprint density at radius 2 is 2.00 bits per heavy atom. The molecule has 1 aromatic rings. The third-order valence-corrected chi connectivity index (χ3v) is 3.42. The van der Waals surface area contributed by atoms with Crippen LogP contribution in [0.3, 0.4) is 0 Å². The van der Waals surface area contributed by atoms with Crippen LogP contribution < -0.4 is 10.2 Å². The molecule has 1 aromatic carbocycles. The van der Waals surface area contributed by atoms with Gasteiger partial charge in [-0.15, -0.1) is 0 Å². The summed E-state index contributed by atoms with van der Waals surface area (Å²) in [6.07, 6.45) is 0.461. The fourth-order valence-corrected chi connectivity index (χ4v) is 2.20. The molecule has 1 heterocycles. The van der Waals surface area contributed by atoms with Crippen LogP contribution in [0.4, 0.5) is 10.1 Å². The van der Waals surface area contributed by atoms with E-state index in [2.05, 4.69) is 5.32 Å². The molecule has 5 heteroatoms. The van der Waals surface area contributed by atoms with E-state index in [-0.39, 0.29) is 17.6 Å². The maximum Gasteiger partial charge on any atom is 0.242 e. The summed E-state index contributed by atoms with van der Waals surface area (Å²) < 4.78 is 12.8. The summed E-state index contributed by atoms with van der Waals surface area (Å²) in [5.41, 5.74) is -0.405. The Hall–Kier alpha value is -1.91. The minimum atomic E-state index is -1.02. The van der Waals surface area contributed by atoms with Crippen LogP contribution in [-0.4, -0.2) is 25.4 Å². The van der Waals surface area contributed by atoms with E-state index >= 15 is 0 Å². The lowest BCUT2D eigenvalue weighted by atomic mass is 9.88. The van der Waals surface area contributed by atoms with Crippen LogP contribution in [0.15, 0.2) is 24.3 Å². The predicted octanol–water partition coefficient (Wildman–Crippen LogP) is 1.31. The number of halogens is 1. The SMILES string of the molecule is CNC(=O)C1(C)CCN(c2ccc(F)cc2)C1=O. The molecule has 2 amide bonds. The first-order chi connectivity index (χ1) is 8.49. The van der Waals surface area contributed by atoms with Crippen LogP contribution in [-0.2, 0) is 9.59 Å². The fourth-order valence-electron chi connectivity index (χ4n) is 2.20. The van der Waals surface area contributed by atoms with Gasteiger partial charge in [0, 0.05) is 19.3 Å². The van der Waals surface area contributed by atoms with Gasteiger partial charge in [0.2, 0.25) is 11.8 Å². The van der Waals surface area contributed by atoms with Gasteiger partial charge >= 0.3 is 0 Å². The summed E-state index contributed by atoms with van der Waals surface area (Å²) in [5.74, 6) is -0.870. The molecule has 1 aliphatic heterocycles. The number of hydrogen-bond donors (Lipinski definition) is 1. The first kappa shape index (κ1) is 12.5. The Kier molecular flexibility index (Phi) is 3.07. The molecule has 1 saturated heterocycles. The van der Waals surface area contributed by atoms with Gasteiger partial charge in [-0.05, 0) is 37.6 Å². The smallest absolute Gasteiger partial charge is 0.242 e. The van der Waals surface area contributed by atoms with Crippen LogP contribution in [0.1, 0.15) is 13.3 Å². The molecule has 0 spiro atoms. The highest BCUT2D eigenvalue weighted by Crippen LogP contribution is 2.34. The average Bonchev–Trinajstić information content (AvgIpc) is 2.68. The molecule has 96 valence electrons. The standard InChI is InChI=1S/C13H15FN2O2/c1-13(11(17)15-2)7-8-16(12(13)18)10-5-3-9(14)4-6-10/h3-6H,7-8H2,1-2H3,(H,15,17). The summed E-state index contributed by atoms with van der Waals surface area (Å²) >= 11 is 0. The van der Waals surface area contributed by atoms with E-state index in [1.165, 1.54) is 24.1 Å². The van der Waals surface area contributed by atoms with Crippen molar-refractivity contribution in [2.24, 2.45) is 5.41 Å². The van der Waals surface area contributed by atoms with Crippen molar-refractivity contribution in [3.05, 3.63) is 30.1 Å². The maximum absolute atomic E-state index is 12.8. The Morgan fingerprint density at radius 3 is 2.56 bits per heavy atom. The molecule has 0 aromatic heterocycles. The summed E-state index contributed by atoms with van der Waals surface area (Å²) in [6.45, 7) is 2.10. The van der Waals surface area contributed by atoms with E-state index < -0.39 is 5.41 Å². The zero-order valence-corrected chi connectivity index (χ0v) is 10.4. The Bertz CT molecular complexity index is 486. The van der Waals surface area contributed by atoms with Gasteiger partial charge in [-0.2, -0.15) is 0 Å². The minimum Gasteiger partial charge on any atom is -0.358 e. The van der Waals surface area contributed by atoms with Crippen molar-refractivity contribution in [1.29, 1.82) is 0 Å². The zero-order chi connectivity index (χ0) is 13.3. The second kappa shape index (κ2) is 4.40. The normalized spacial score (nSPS) is 23.3. The Morgan fingerprint density at radius 1 is 1.39 bits per heavy atom. The molecule has 4 nitrogen and oxygen atoms in total. The van der Waals surface area contributed by atoms with Crippen molar-refractivity contribution in [2.45, 2.75) is 13.3 Å². The number of nitrogens with one attached hydrogen (secondary N) is 1. The van der Waals surface area contributed by atoms with Gasteiger partial charge in [0.15, 0.2) is 0 Å². The van der Waals surface area contributed by atoms with E-state index in [4.69, 9.17) is 0 Å². The van der Waals surface area contributed by atoms with Crippen molar-refractivity contribution in [3.8, 4) is 0 Å². The molecule has 2 rings (SSSR count). The molecule has 1 atom stereocenters. The molecule has 1 N–H and O–H groups in total. The van der Waals surface area contributed by atoms with Crippen LogP contribution in [0.5, 0.6) is 0 Å². The van der Waals surface area contributed by atoms with Crippen molar-refractivity contribution >= 4 is 17.5 Å². The molecule has 0 bridgehead atoms. The highest BCUT2D eigenvalue weighted by Gasteiger charge is 2.48. The number of benzene rings is 1. The predicted molar refractivity (Wildman–Crippen MR) is 65.5 cm³/mol. The number of amides is 2. The van der Waals surface area contributed by atoms with Crippen LogP contribution in [0, 0.1) is 11.2 Å². The fraction of sp³-hybridized carbons (Fsp3) is 0.385. The summed E-state index contributed by atoms with van der Waals surface area (Å²) in [6, 6.07) is 5.70. The van der Waals surface area contributed by atoms with Crippen molar-refractivity contribution in [2.75, 3.05) is 18.5 Å². The summed E-state index contributed by atoms with van der Waals surface area (Å²) in [5, 5.41) is 2.51. The molecular weight excluding hydrogens is 235 g/mol. The lowest BCUT2D eigenvalue weighted by Crippen LogP contribution is -2.43. The molecular formula is C13H15FN2O2.